The number of rotatable bonds is 6. The van der Waals surface area contributed by atoms with Crippen molar-refractivity contribution < 1.29 is 13.5 Å². The van der Waals surface area contributed by atoms with E-state index in [0.717, 1.165) is 6.54 Å². The van der Waals surface area contributed by atoms with Crippen molar-refractivity contribution in [3.05, 3.63) is 29.8 Å². The van der Waals surface area contributed by atoms with Crippen molar-refractivity contribution in [2.24, 2.45) is 16.6 Å². The third kappa shape index (κ3) is 4.36. The summed E-state index contributed by atoms with van der Waals surface area (Å²) in [6, 6.07) is 6.58. The molecule has 0 aliphatic heterocycles. The van der Waals surface area contributed by atoms with E-state index >= 15 is 0 Å². The Balaban J connectivity index is 1.88. The number of ether oxygens (including phenoxy) is 1. The molecule has 0 bridgehead atoms. The first-order chi connectivity index (χ1) is 9.65. The lowest BCUT2D eigenvalue weighted by atomic mass is 9.85. The minimum Gasteiger partial charge on any atom is -0.434 e. The molecule has 3 N–H and O–H groups in total. The van der Waals surface area contributed by atoms with Crippen molar-refractivity contribution in [3.8, 4) is 5.75 Å². The van der Waals surface area contributed by atoms with E-state index in [4.69, 9.17) is 5.73 Å². The van der Waals surface area contributed by atoms with Gasteiger partial charge in [-0.2, -0.15) is 8.78 Å². The highest BCUT2D eigenvalue weighted by molar-refractivity contribution is 5.77. The first-order valence-electron chi connectivity index (χ1n) is 6.71. The van der Waals surface area contributed by atoms with Gasteiger partial charge in [-0.1, -0.05) is 24.6 Å². The highest BCUT2D eigenvalue weighted by atomic mass is 19.3. The highest BCUT2D eigenvalue weighted by Crippen LogP contribution is 2.25. The average Bonchev–Trinajstić information content (AvgIpc) is 2.35. The van der Waals surface area contributed by atoms with E-state index in [1.165, 1.54) is 25.3 Å². The molecular formula is C14H19F2N3O. The predicted octanol–water partition coefficient (Wildman–Crippen LogP) is 2.49. The number of nitrogens with zero attached hydrogens (tertiary/aromatic N) is 1. The molecule has 20 heavy (non-hydrogen) atoms. The first-order valence-corrected chi connectivity index (χ1v) is 6.71. The summed E-state index contributed by atoms with van der Waals surface area (Å²) in [5, 5.41) is 3.05. The van der Waals surface area contributed by atoms with Gasteiger partial charge in [-0.15, -0.1) is 0 Å². The molecule has 0 unspecified atom stereocenters. The van der Waals surface area contributed by atoms with Crippen LogP contribution in [0.3, 0.4) is 0 Å². The van der Waals surface area contributed by atoms with Crippen molar-refractivity contribution in [1.82, 2.24) is 5.32 Å². The fourth-order valence-corrected chi connectivity index (χ4v) is 2.02. The standard InChI is InChI=1S/C14H19F2N3O/c15-13(16)20-12-7-2-1-6-11(12)9-19-14(17)18-8-10-4-3-5-10/h1-2,6-7,10,13H,3-5,8-9H2,(H3,17,18,19). The maximum absolute atomic E-state index is 12.3. The molecule has 0 amide bonds. The van der Waals surface area contributed by atoms with Gasteiger partial charge in [-0.05, 0) is 24.8 Å². The summed E-state index contributed by atoms with van der Waals surface area (Å²) in [6.45, 7) is -1.80. The highest BCUT2D eigenvalue weighted by Gasteiger charge is 2.16. The smallest absolute Gasteiger partial charge is 0.387 e. The van der Waals surface area contributed by atoms with Crippen LogP contribution in [0.5, 0.6) is 5.75 Å². The second-order valence-corrected chi connectivity index (χ2v) is 4.87. The molecule has 6 heteroatoms. The number of nitrogens with two attached hydrogens (primary N) is 1. The maximum Gasteiger partial charge on any atom is 0.387 e. The van der Waals surface area contributed by atoms with Crippen LogP contribution >= 0.6 is 0 Å². The fraction of sp³-hybridized carbons (Fsp3) is 0.500. The Labute approximate surface area is 117 Å². The molecule has 0 heterocycles. The molecule has 110 valence electrons. The molecule has 0 radical (unpaired) electrons. The molecule has 0 saturated heterocycles. The Morgan fingerprint density at radius 1 is 1.40 bits per heavy atom. The van der Waals surface area contributed by atoms with E-state index in [1.54, 1.807) is 18.2 Å². The van der Waals surface area contributed by atoms with Crippen LogP contribution in [0.15, 0.2) is 29.3 Å². The van der Waals surface area contributed by atoms with Crippen LogP contribution in [-0.4, -0.2) is 19.1 Å². The Bertz CT molecular complexity index is 461. The molecule has 1 aliphatic carbocycles. The van der Waals surface area contributed by atoms with E-state index in [2.05, 4.69) is 15.0 Å². The number of hydrogen-bond acceptors (Lipinski definition) is 2. The molecule has 1 aromatic carbocycles. The van der Waals surface area contributed by atoms with Crippen LogP contribution in [-0.2, 0) is 6.54 Å². The molecule has 1 saturated carbocycles. The summed E-state index contributed by atoms with van der Waals surface area (Å²) >= 11 is 0. The average molecular weight is 283 g/mol. The van der Waals surface area contributed by atoms with Crippen molar-refractivity contribution in [3.63, 3.8) is 0 Å². The van der Waals surface area contributed by atoms with E-state index in [-0.39, 0.29) is 12.3 Å². The van der Waals surface area contributed by atoms with Gasteiger partial charge < -0.3 is 15.8 Å². The lowest BCUT2D eigenvalue weighted by molar-refractivity contribution is -0.0504. The van der Waals surface area contributed by atoms with Crippen molar-refractivity contribution >= 4 is 5.96 Å². The topological polar surface area (TPSA) is 59.6 Å². The predicted molar refractivity (Wildman–Crippen MR) is 73.7 cm³/mol. The minimum atomic E-state index is -2.84. The number of benzene rings is 1. The number of halogens is 2. The van der Waals surface area contributed by atoms with Gasteiger partial charge in [0.15, 0.2) is 5.96 Å². The third-order valence-electron chi connectivity index (χ3n) is 3.41. The van der Waals surface area contributed by atoms with E-state index in [0.29, 0.717) is 17.4 Å². The van der Waals surface area contributed by atoms with Gasteiger partial charge in [0.25, 0.3) is 0 Å². The van der Waals surface area contributed by atoms with Crippen LogP contribution in [0.1, 0.15) is 24.8 Å². The second-order valence-electron chi connectivity index (χ2n) is 4.87. The molecular weight excluding hydrogens is 264 g/mol. The van der Waals surface area contributed by atoms with Gasteiger partial charge in [-0.3, -0.25) is 0 Å². The fourth-order valence-electron chi connectivity index (χ4n) is 2.02. The number of nitrogens with one attached hydrogen (secondary N) is 1. The Hall–Kier alpha value is -1.85. The summed E-state index contributed by atoms with van der Waals surface area (Å²) < 4.78 is 29.0. The lowest BCUT2D eigenvalue weighted by Gasteiger charge is -2.25. The number of hydrogen-bond donors (Lipinski definition) is 2. The lowest BCUT2D eigenvalue weighted by Crippen LogP contribution is -2.37. The van der Waals surface area contributed by atoms with Crippen LogP contribution in [0.2, 0.25) is 0 Å². The molecule has 1 aliphatic rings. The van der Waals surface area contributed by atoms with Gasteiger partial charge in [0.05, 0.1) is 6.54 Å². The van der Waals surface area contributed by atoms with Crippen LogP contribution in [0, 0.1) is 5.92 Å². The Morgan fingerprint density at radius 3 is 2.80 bits per heavy atom. The Morgan fingerprint density at radius 2 is 2.15 bits per heavy atom. The second kappa shape index (κ2) is 7.07. The zero-order chi connectivity index (χ0) is 14.4. The zero-order valence-electron chi connectivity index (χ0n) is 11.2. The molecule has 0 atom stereocenters. The molecule has 1 aromatic rings. The molecule has 0 spiro atoms. The summed E-state index contributed by atoms with van der Waals surface area (Å²) in [6.07, 6.45) is 3.73. The van der Waals surface area contributed by atoms with Gasteiger partial charge >= 0.3 is 6.61 Å². The van der Waals surface area contributed by atoms with Gasteiger partial charge in [-0.25, -0.2) is 4.99 Å². The molecule has 4 nitrogen and oxygen atoms in total. The molecule has 2 rings (SSSR count). The SMILES string of the molecule is NC(=NCc1ccccc1OC(F)F)NCC1CCC1. The minimum absolute atomic E-state index is 0.137. The van der Waals surface area contributed by atoms with Crippen LogP contribution < -0.4 is 15.8 Å². The number of aliphatic imine (C=N–C) groups is 1. The monoisotopic (exact) mass is 283 g/mol. The third-order valence-corrected chi connectivity index (χ3v) is 3.41. The summed E-state index contributed by atoms with van der Waals surface area (Å²) in [5.41, 5.74) is 6.33. The van der Waals surface area contributed by atoms with Gasteiger partial charge in [0.2, 0.25) is 0 Å². The van der Waals surface area contributed by atoms with E-state index in [9.17, 15) is 8.78 Å². The largest absolute Gasteiger partial charge is 0.434 e. The Kier molecular flexibility index (Phi) is 5.15. The van der Waals surface area contributed by atoms with E-state index in [1.807, 2.05) is 0 Å². The van der Waals surface area contributed by atoms with Crippen molar-refractivity contribution in [2.75, 3.05) is 6.54 Å². The quantitative estimate of drug-likeness (QED) is 0.623. The molecule has 1 fully saturated rings. The first kappa shape index (κ1) is 14.6. The van der Waals surface area contributed by atoms with Gasteiger partial charge in [0, 0.05) is 12.1 Å². The zero-order valence-corrected chi connectivity index (χ0v) is 11.2. The van der Waals surface area contributed by atoms with E-state index < -0.39 is 6.61 Å². The normalized spacial score (nSPS) is 16.1. The maximum atomic E-state index is 12.3. The van der Waals surface area contributed by atoms with Crippen LogP contribution in [0.4, 0.5) is 8.78 Å². The van der Waals surface area contributed by atoms with Crippen molar-refractivity contribution in [1.29, 1.82) is 0 Å². The summed E-state index contributed by atoms with van der Waals surface area (Å²) in [5.74, 6) is 1.15. The van der Waals surface area contributed by atoms with Crippen LogP contribution in [0.25, 0.3) is 0 Å². The summed E-state index contributed by atoms with van der Waals surface area (Å²) in [7, 11) is 0. The number of para-hydroxylation sites is 1. The van der Waals surface area contributed by atoms with Gasteiger partial charge in [0.1, 0.15) is 5.75 Å². The summed E-state index contributed by atoms with van der Waals surface area (Å²) in [4.78, 5) is 4.15. The number of alkyl halides is 2. The number of guanidine groups is 1. The van der Waals surface area contributed by atoms with Crippen molar-refractivity contribution in [2.45, 2.75) is 32.4 Å². The molecule has 0 aromatic heterocycles.